The molecule has 2 amide bonds. The summed E-state index contributed by atoms with van der Waals surface area (Å²) in [7, 11) is 0. The molecule has 7 atom stereocenters. The Morgan fingerprint density at radius 1 is 1.00 bits per heavy atom. The number of rotatable bonds is 9. The monoisotopic (exact) mass is 570 g/mol. The Morgan fingerprint density at radius 2 is 1.64 bits per heavy atom. The van der Waals surface area contributed by atoms with Gasteiger partial charge in [0.25, 0.3) is 11.8 Å². The Bertz CT molecular complexity index is 1200. The topological polar surface area (TPSA) is 125 Å². The normalized spacial score (nSPS) is 32.7. The van der Waals surface area contributed by atoms with Crippen molar-refractivity contribution in [3.8, 4) is 0 Å². The van der Waals surface area contributed by atoms with Crippen molar-refractivity contribution in [1.29, 1.82) is 0 Å². The molecule has 2 saturated heterocycles. The minimum absolute atomic E-state index is 0.127. The van der Waals surface area contributed by atoms with Crippen LogP contribution in [-0.2, 0) is 9.53 Å². The van der Waals surface area contributed by atoms with Crippen LogP contribution < -0.4 is 10.6 Å². The van der Waals surface area contributed by atoms with Crippen LogP contribution in [-0.4, -0.2) is 79.9 Å². The third kappa shape index (κ3) is 4.96. The number of benzene rings is 2. The molecular formula is C29H34N2O6S2. The van der Waals surface area contributed by atoms with E-state index in [0.29, 0.717) is 42.1 Å². The standard InChI is InChI=1S/C29H34N2O6S2/c1-2-37-22(32)15-9-14-20-23-24(33)28(17-39-23,31-27(35)19-12-7-4-8-13-19)29(36)21(16-38-25(20)29)30-26(34)18-10-5-3-6-11-18/h3-8,10-13,20-21,23-25,33,36H,2,9,14-17H2,1H3,(H,30,34)(H,31,35). The van der Waals surface area contributed by atoms with Gasteiger partial charge >= 0.3 is 5.97 Å². The number of carbonyl (C=O) groups is 3. The Balaban J connectivity index is 1.46. The first kappa shape index (κ1) is 28.0. The van der Waals surface area contributed by atoms with E-state index in [9.17, 15) is 24.6 Å². The number of esters is 1. The Kier molecular flexibility index (Phi) is 8.28. The summed E-state index contributed by atoms with van der Waals surface area (Å²) in [5.74, 6) is -0.357. The van der Waals surface area contributed by atoms with Crippen molar-refractivity contribution >= 4 is 41.3 Å². The second kappa shape index (κ2) is 11.5. The third-order valence-corrected chi connectivity index (χ3v) is 11.4. The van der Waals surface area contributed by atoms with Gasteiger partial charge in [-0.05, 0) is 49.9 Å². The predicted octanol–water partition coefficient (Wildman–Crippen LogP) is 2.64. The van der Waals surface area contributed by atoms with Gasteiger partial charge in [0.1, 0.15) is 11.1 Å². The maximum Gasteiger partial charge on any atom is 0.305 e. The molecule has 2 aliphatic heterocycles. The zero-order chi connectivity index (χ0) is 27.6. The van der Waals surface area contributed by atoms with E-state index in [1.807, 2.05) is 12.1 Å². The van der Waals surface area contributed by atoms with Gasteiger partial charge in [-0.1, -0.05) is 36.4 Å². The quantitative estimate of drug-likeness (QED) is 0.339. The first-order valence-electron chi connectivity index (χ1n) is 13.3. The second-order valence-corrected chi connectivity index (χ2v) is 12.7. The number of hydrogen-bond donors (Lipinski definition) is 4. The number of ether oxygens (including phenoxy) is 1. The number of aliphatic hydroxyl groups excluding tert-OH is 1. The second-order valence-electron chi connectivity index (χ2n) is 10.3. The fraction of sp³-hybridized carbons (Fsp3) is 0.483. The number of thioether (sulfide) groups is 2. The van der Waals surface area contributed by atoms with E-state index in [1.54, 1.807) is 67.2 Å². The summed E-state index contributed by atoms with van der Waals surface area (Å²) in [4.78, 5) is 38.6. The summed E-state index contributed by atoms with van der Waals surface area (Å²) in [5, 5.41) is 30.0. The van der Waals surface area contributed by atoms with Crippen LogP contribution in [0.5, 0.6) is 0 Å². The zero-order valence-corrected chi connectivity index (χ0v) is 23.4. The number of aliphatic hydroxyl groups is 2. The molecule has 8 nitrogen and oxygen atoms in total. The molecule has 208 valence electrons. The van der Waals surface area contributed by atoms with E-state index in [2.05, 4.69) is 10.6 Å². The van der Waals surface area contributed by atoms with Crippen LogP contribution in [0.15, 0.2) is 60.7 Å². The highest BCUT2D eigenvalue weighted by Crippen LogP contribution is 2.61. The molecule has 3 aliphatic rings. The largest absolute Gasteiger partial charge is 0.466 e. The van der Waals surface area contributed by atoms with Gasteiger partial charge in [0.2, 0.25) is 0 Å². The highest BCUT2D eigenvalue weighted by molar-refractivity contribution is 8.01. The van der Waals surface area contributed by atoms with Crippen LogP contribution in [0.1, 0.15) is 46.9 Å². The molecule has 2 heterocycles. The molecule has 1 aliphatic carbocycles. The van der Waals surface area contributed by atoms with Crippen molar-refractivity contribution in [2.24, 2.45) is 5.92 Å². The van der Waals surface area contributed by atoms with E-state index in [4.69, 9.17) is 4.74 Å². The van der Waals surface area contributed by atoms with Crippen molar-refractivity contribution in [1.82, 2.24) is 10.6 Å². The predicted molar refractivity (Wildman–Crippen MR) is 152 cm³/mol. The summed E-state index contributed by atoms with van der Waals surface area (Å²) in [6.07, 6.45) is 0.386. The molecule has 0 radical (unpaired) electrons. The van der Waals surface area contributed by atoms with Crippen LogP contribution in [0.2, 0.25) is 0 Å². The molecule has 1 saturated carbocycles. The van der Waals surface area contributed by atoms with E-state index in [1.165, 1.54) is 11.8 Å². The Labute approximate surface area is 236 Å². The molecule has 3 fully saturated rings. The van der Waals surface area contributed by atoms with E-state index >= 15 is 0 Å². The van der Waals surface area contributed by atoms with Crippen molar-refractivity contribution in [3.63, 3.8) is 0 Å². The molecule has 10 heteroatoms. The third-order valence-electron chi connectivity index (χ3n) is 8.19. The van der Waals surface area contributed by atoms with Crippen LogP contribution in [0.3, 0.4) is 0 Å². The lowest BCUT2D eigenvalue weighted by Gasteiger charge is -2.56. The summed E-state index contributed by atoms with van der Waals surface area (Å²) in [6, 6.07) is 16.8. The Morgan fingerprint density at radius 3 is 2.28 bits per heavy atom. The molecule has 2 aromatic rings. The van der Waals surface area contributed by atoms with E-state index in [-0.39, 0.29) is 40.6 Å². The van der Waals surface area contributed by atoms with Gasteiger partial charge < -0.3 is 25.6 Å². The summed E-state index contributed by atoms with van der Waals surface area (Å²) >= 11 is 3.10. The van der Waals surface area contributed by atoms with Gasteiger partial charge in [-0.15, -0.1) is 0 Å². The van der Waals surface area contributed by atoms with Gasteiger partial charge in [-0.3, -0.25) is 14.4 Å². The molecule has 2 aromatic carbocycles. The number of nitrogens with one attached hydrogen (secondary N) is 2. The molecule has 0 spiro atoms. The SMILES string of the molecule is CCOC(=O)CCCC1C2SCC(NC(=O)c3ccccc3)(C2O)C2(O)C(NC(=O)c3ccccc3)CSC12. The van der Waals surface area contributed by atoms with E-state index < -0.39 is 23.3 Å². The van der Waals surface area contributed by atoms with E-state index in [0.717, 1.165) is 0 Å². The van der Waals surface area contributed by atoms with Gasteiger partial charge in [-0.2, -0.15) is 23.5 Å². The van der Waals surface area contributed by atoms with Gasteiger partial charge in [0, 0.05) is 39.6 Å². The zero-order valence-electron chi connectivity index (χ0n) is 21.7. The number of hydrogen-bond acceptors (Lipinski definition) is 8. The molecule has 5 rings (SSSR count). The maximum absolute atomic E-state index is 13.4. The lowest BCUT2D eigenvalue weighted by molar-refractivity contribution is -0.143. The van der Waals surface area contributed by atoms with Crippen molar-refractivity contribution in [2.45, 2.75) is 60.0 Å². The van der Waals surface area contributed by atoms with Crippen molar-refractivity contribution in [2.75, 3.05) is 18.1 Å². The molecule has 7 unspecified atom stereocenters. The average molecular weight is 571 g/mol. The lowest BCUT2D eigenvalue weighted by atomic mass is 9.60. The lowest BCUT2D eigenvalue weighted by Crippen LogP contribution is -2.81. The molecule has 0 aromatic heterocycles. The van der Waals surface area contributed by atoms with Crippen LogP contribution >= 0.6 is 23.5 Å². The van der Waals surface area contributed by atoms with Crippen LogP contribution in [0.4, 0.5) is 0 Å². The fourth-order valence-corrected chi connectivity index (χ4v) is 10.2. The van der Waals surface area contributed by atoms with Gasteiger partial charge in [0.05, 0.1) is 18.8 Å². The molecule has 4 N–H and O–H groups in total. The van der Waals surface area contributed by atoms with Gasteiger partial charge in [0.15, 0.2) is 0 Å². The first-order chi connectivity index (χ1) is 18.8. The summed E-state index contributed by atoms with van der Waals surface area (Å²) in [6.45, 7) is 2.09. The van der Waals surface area contributed by atoms with Crippen LogP contribution in [0, 0.1) is 5.92 Å². The average Bonchev–Trinajstić information content (AvgIpc) is 3.42. The van der Waals surface area contributed by atoms with Crippen LogP contribution in [0.25, 0.3) is 0 Å². The molecule has 39 heavy (non-hydrogen) atoms. The summed E-state index contributed by atoms with van der Waals surface area (Å²) < 4.78 is 5.08. The fourth-order valence-electron chi connectivity index (χ4n) is 6.32. The first-order valence-corrected chi connectivity index (χ1v) is 15.4. The molecule has 2 bridgehead atoms. The number of amides is 2. The highest BCUT2D eigenvalue weighted by Gasteiger charge is 2.75. The Hall–Kier alpha value is -2.53. The van der Waals surface area contributed by atoms with Gasteiger partial charge in [-0.25, -0.2) is 0 Å². The number of fused-ring (bicyclic) bond motifs is 4. The number of carbonyl (C=O) groups excluding carboxylic acids is 3. The highest BCUT2D eigenvalue weighted by atomic mass is 32.2. The summed E-state index contributed by atoms with van der Waals surface area (Å²) in [5.41, 5.74) is -2.09. The van der Waals surface area contributed by atoms with Crippen molar-refractivity contribution in [3.05, 3.63) is 71.8 Å². The maximum atomic E-state index is 13.4. The van der Waals surface area contributed by atoms with Crippen molar-refractivity contribution < 1.29 is 29.3 Å². The molecular weight excluding hydrogens is 536 g/mol. The minimum atomic E-state index is -1.62. The minimum Gasteiger partial charge on any atom is -0.466 e. The smallest absolute Gasteiger partial charge is 0.305 e.